The fourth-order valence-electron chi connectivity index (χ4n) is 2.29. The summed E-state index contributed by atoms with van der Waals surface area (Å²) in [6.45, 7) is 5.15. The predicted octanol–water partition coefficient (Wildman–Crippen LogP) is 2.56. The number of hydrogen-bond acceptors (Lipinski definition) is 2. The van der Waals surface area contributed by atoms with Crippen molar-refractivity contribution >= 4 is 10.9 Å². The minimum absolute atomic E-state index is 0.187. The molecule has 0 aliphatic rings. The van der Waals surface area contributed by atoms with Crippen LogP contribution in [-0.4, -0.2) is 17.7 Å². The quantitative estimate of drug-likeness (QED) is 0.880. The number of nitrogens with two attached hydrogens (primary N) is 1. The van der Waals surface area contributed by atoms with Gasteiger partial charge in [0.15, 0.2) is 0 Å². The van der Waals surface area contributed by atoms with E-state index in [9.17, 15) is 0 Å². The van der Waals surface area contributed by atoms with E-state index < -0.39 is 0 Å². The lowest BCUT2D eigenvalue weighted by atomic mass is 10.2. The molecule has 0 spiro atoms. The Labute approximate surface area is 102 Å². The van der Waals surface area contributed by atoms with Gasteiger partial charge in [0, 0.05) is 36.2 Å². The molecule has 0 aliphatic heterocycles. The average molecular weight is 232 g/mol. The molecular weight excluding hydrogens is 212 g/mol. The van der Waals surface area contributed by atoms with Crippen LogP contribution in [0.3, 0.4) is 0 Å². The number of nitrogens with zero attached hydrogens (tertiary/aromatic N) is 1. The van der Waals surface area contributed by atoms with Crippen molar-refractivity contribution in [2.75, 3.05) is 7.11 Å². The van der Waals surface area contributed by atoms with Crippen LogP contribution >= 0.6 is 0 Å². The van der Waals surface area contributed by atoms with Gasteiger partial charge in [-0.2, -0.15) is 0 Å². The highest BCUT2D eigenvalue weighted by Crippen LogP contribution is 2.25. The summed E-state index contributed by atoms with van der Waals surface area (Å²) in [5.74, 6) is 0.901. The smallest absolute Gasteiger partial charge is 0.120 e. The van der Waals surface area contributed by atoms with Crippen LogP contribution in [0.1, 0.15) is 19.5 Å². The molecule has 1 heterocycles. The van der Waals surface area contributed by atoms with Crippen LogP contribution in [0.2, 0.25) is 0 Å². The van der Waals surface area contributed by atoms with Gasteiger partial charge in [-0.1, -0.05) is 0 Å². The van der Waals surface area contributed by atoms with E-state index in [0.29, 0.717) is 0 Å². The van der Waals surface area contributed by atoms with Gasteiger partial charge in [-0.25, -0.2) is 0 Å². The van der Waals surface area contributed by atoms with E-state index in [1.165, 1.54) is 16.6 Å². The zero-order chi connectivity index (χ0) is 12.4. The lowest BCUT2D eigenvalue weighted by molar-refractivity contribution is 0.415. The number of ether oxygens (including phenoxy) is 1. The zero-order valence-electron chi connectivity index (χ0n) is 10.7. The molecule has 1 aromatic carbocycles. The van der Waals surface area contributed by atoms with Crippen molar-refractivity contribution in [3.05, 3.63) is 30.0 Å². The molecule has 0 aliphatic carbocycles. The van der Waals surface area contributed by atoms with Crippen molar-refractivity contribution in [1.82, 2.24) is 4.57 Å². The molecule has 0 fully saturated rings. The second-order valence-electron chi connectivity index (χ2n) is 4.49. The van der Waals surface area contributed by atoms with Crippen molar-refractivity contribution < 1.29 is 4.74 Å². The molecule has 0 amide bonds. The molecule has 0 saturated carbocycles. The highest BCUT2D eigenvalue weighted by atomic mass is 16.5. The average Bonchev–Trinajstić information content (AvgIpc) is 2.63. The van der Waals surface area contributed by atoms with E-state index in [-0.39, 0.29) is 6.04 Å². The van der Waals surface area contributed by atoms with Crippen LogP contribution in [0, 0.1) is 0 Å². The van der Waals surface area contributed by atoms with Gasteiger partial charge in [0.2, 0.25) is 0 Å². The molecule has 0 bridgehead atoms. The van der Waals surface area contributed by atoms with Crippen molar-refractivity contribution in [2.24, 2.45) is 5.73 Å². The van der Waals surface area contributed by atoms with Crippen LogP contribution in [0.5, 0.6) is 5.75 Å². The second-order valence-corrected chi connectivity index (χ2v) is 4.49. The van der Waals surface area contributed by atoms with E-state index in [0.717, 1.165) is 18.7 Å². The second kappa shape index (κ2) is 4.80. The SMILES string of the molecule is CCn1c(CC(C)N)cc2ccc(OC)cc21. The Morgan fingerprint density at radius 1 is 1.35 bits per heavy atom. The normalized spacial score (nSPS) is 12.9. The highest BCUT2D eigenvalue weighted by Gasteiger charge is 2.09. The maximum absolute atomic E-state index is 5.89. The third-order valence-corrected chi connectivity index (χ3v) is 3.04. The van der Waals surface area contributed by atoms with Crippen LogP contribution in [0.4, 0.5) is 0 Å². The molecule has 3 heteroatoms. The van der Waals surface area contributed by atoms with Gasteiger partial charge in [-0.3, -0.25) is 0 Å². The Bertz CT molecular complexity index is 514. The summed E-state index contributed by atoms with van der Waals surface area (Å²) in [5.41, 5.74) is 8.41. The first kappa shape index (κ1) is 12.0. The first-order valence-corrected chi connectivity index (χ1v) is 6.07. The van der Waals surface area contributed by atoms with Crippen molar-refractivity contribution in [1.29, 1.82) is 0 Å². The first-order valence-electron chi connectivity index (χ1n) is 6.07. The van der Waals surface area contributed by atoms with Gasteiger partial charge in [0.05, 0.1) is 12.6 Å². The summed E-state index contributed by atoms with van der Waals surface area (Å²) in [6, 6.07) is 8.60. The Morgan fingerprint density at radius 2 is 2.12 bits per heavy atom. The Balaban J connectivity index is 2.55. The largest absolute Gasteiger partial charge is 0.497 e. The number of hydrogen-bond donors (Lipinski definition) is 1. The maximum atomic E-state index is 5.89. The molecule has 2 rings (SSSR count). The summed E-state index contributed by atoms with van der Waals surface area (Å²) in [5, 5.41) is 1.25. The van der Waals surface area contributed by atoms with E-state index in [1.54, 1.807) is 7.11 Å². The van der Waals surface area contributed by atoms with Crippen LogP contribution in [0.15, 0.2) is 24.3 Å². The Kier molecular flexibility index (Phi) is 3.38. The summed E-state index contributed by atoms with van der Waals surface area (Å²) < 4.78 is 7.58. The molecule has 2 aromatic rings. The predicted molar refractivity (Wildman–Crippen MR) is 71.5 cm³/mol. The zero-order valence-corrected chi connectivity index (χ0v) is 10.7. The molecule has 0 saturated heterocycles. The van der Waals surface area contributed by atoms with E-state index in [1.807, 2.05) is 13.0 Å². The monoisotopic (exact) mass is 232 g/mol. The van der Waals surface area contributed by atoms with Crippen molar-refractivity contribution in [3.63, 3.8) is 0 Å². The molecule has 1 unspecified atom stereocenters. The summed E-state index contributed by atoms with van der Waals surface area (Å²) in [4.78, 5) is 0. The fraction of sp³-hybridized carbons (Fsp3) is 0.429. The van der Waals surface area contributed by atoms with Crippen LogP contribution < -0.4 is 10.5 Å². The minimum atomic E-state index is 0.187. The topological polar surface area (TPSA) is 40.2 Å². The van der Waals surface area contributed by atoms with E-state index >= 15 is 0 Å². The first-order chi connectivity index (χ1) is 8.15. The van der Waals surface area contributed by atoms with Gasteiger partial charge < -0.3 is 15.0 Å². The summed E-state index contributed by atoms with van der Waals surface area (Å²) in [7, 11) is 1.70. The summed E-state index contributed by atoms with van der Waals surface area (Å²) >= 11 is 0. The molecule has 17 heavy (non-hydrogen) atoms. The Morgan fingerprint density at radius 3 is 2.71 bits per heavy atom. The molecule has 0 radical (unpaired) electrons. The maximum Gasteiger partial charge on any atom is 0.120 e. The number of benzene rings is 1. The van der Waals surface area contributed by atoms with Crippen molar-refractivity contribution in [3.8, 4) is 5.75 Å². The number of aryl methyl sites for hydroxylation is 1. The van der Waals surface area contributed by atoms with Gasteiger partial charge in [0.1, 0.15) is 5.75 Å². The molecule has 2 N–H and O–H groups in total. The standard InChI is InChI=1S/C14H20N2O/c1-4-16-12(7-10(2)15)8-11-5-6-13(17-3)9-14(11)16/h5-6,8-10H,4,7,15H2,1-3H3. The van der Waals surface area contributed by atoms with Gasteiger partial charge in [-0.05, 0) is 32.0 Å². The summed E-state index contributed by atoms with van der Waals surface area (Å²) in [6.07, 6.45) is 0.908. The third kappa shape index (κ3) is 2.29. The highest BCUT2D eigenvalue weighted by molar-refractivity contribution is 5.82. The van der Waals surface area contributed by atoms with Gasteiger partial charge in [0.25, 0.3) is 0 Å². The molecule has 1 aromatic heterocycles. The van der Waals surface area contributed by atoms with E-state index in [2.05, 4.69) is 29.7 Å². The van der Waals surface area contributed by atoms with Crippen LogP contribution in [0.25, 0.3) is 10.9 Å². The fourth-order valence-corrected chi connectivity index (χ4v) is 2.29. The van der Waals surface area contributed by atoms with Crippen LogP contribution in [-0.2, 0) is 13.0 Å². The number of fused-ring (bicyclic) bond motifs is 1. The lowest BCUT2D eigenvalue weighted by Crippen LogP contribution is -2.19. The molecule has 92 valence electrons. The van der Waals surface area contributed by atoms with Gasteiger partial charge in [-0.15, -0.1) is 0 Å². The van der Waals surface area contributed by atoms with Crippen molar-refractivity contribution in [2.45, 2.75) is 32.9 Å². The lowest BCUT2D eigenvalue weighted by Gasteiger charge is -2.10. The number of aromatic nitrogens is 1. The number of methoxy groups -OCH3 is 1. The minimum Gasteiger partial charge on any atom is -0.497 e. The number of rotatable bonds is 4. The van der Waals surface area contributed by atoms with E-state index in [4.69, 9.17) is 10.5 Å². The molecule has 1 atom stereocenters. The van der Waals surface area contributed by atoms with Gasteiger partial charge >= 0.3 is 0 Å². The molecule has 3 nitrogen and oxygen atoms in total. The Hall–Kier alpha value is -1.48. The molecular formula is C14H20N2O. The third-order valence-electron chi connectivity index (χ3n) is 3.04.